The van der Waals surface area contributed by atoms with Crippen LogP contribution in [-0.4, -0.2) is 5.11 Å². The summed E-state index contributed by atoms with van der Waals surface area (Å²) in [6.45, 7) is 10.5. The minimum atomic E-state index is -0.0609. The molecular weight excluding hydrogens is 232 g/mol. The smallest absolute Gasteiger partial charge is 0.121 e. The topological polar surface area (TPSA) is 20.2 Å². The van der Waals surface area contributed by atoms with Crippen molar-refractivity contribution in [3.8, 4) is 5.75 Å². The Morgan fingerprint density at radius 2 is 1.47 bits per heavy atom. The van der Waals surface area contributed by atoms with Gasteiger partial charge in [-0.15, -0.1) is 0 Å². The molecule has 0 fully saturated rings. The maximum atomic E-state index is 10.0. The zero-order chi connectivity index (χ0) is 14.2. The van der Waals surface area contributed by atoms with Crippen molar-refractivity contribution >= 4 is 0 Å². The average Bonchev–Trinajstić information content (AvgIpc) is 2.41. The lowest BCUT2D eigenvalue weighted by atomic mass is 9.75. The SMILES string of the molecule is Cc1cc(C(C)(C)c2ccccc2)c(C)c(C)c1O. The van der Waals surface area contributed by atoms with Gasteiger partial charge in [0.15, 0.2) is 0 Å². The maximum Gasteiger partial charge on any atom is 0.121 e. The lowest BCUT2D eigenvalue weighted by molar-refractivity contribution is 0.465. The van der Waals surface area contributed by atoms with Crippen LogP contribution in [0.2, 0.25) is 0 Å². The van der Waals surface area contributed by atoms with Gasteiger partial charge in [0, 0.05) is 5.41 Å². The summed E-state index contributed by atoms with van der Waals surface area (Å²) in [5.74, 6) is 0.421. The molecule has 0 aliphatic heterocycles. The zero-order valence-corrected chi connectivity index (χ0v) is 12.4. The van der Waals surface area contributed by atoms with Gasteiger partial charge in [-0.1, -0.05) is 50.2 Å². The molecule has 1 nitrogen and oxygen atoms in total. The summed E-state index contributed by atoms with van der Waals surface area (Å²) in [5, 5.41) is 10.0. The average molecular weight is 254 g/mol. The molecule has 1 heteroatoms. The minimum absolute atomic E-state index is 0.0609. The van der Waals surface area contributed by atoms with Crippen LogP contribution in [-0.2, 0) is 5.41 Å². The first-order chi connectivity index (χ1) is 8.85. The van der Waals surface area contributed by atoms with Crippen molar-refractivity contribution in [2.45, 2.75) is 40.0 Å². The summed E-state index contributed by atoms with van der Waals surface area (Å²) in [5.41, 5.74) is 5.63. The van der Waals surface area contributed by atoms with E-state index in [2.05, 4.69) is 51.1 Å². The van der Waals surface area contributed by atoms with Gasteiger partial charge in [-0.05, 0) is 48.6 Å². The molecule has 0 heterocycles. The van der Waals surface area contributed by atoms with Crippen molar-refractivity contribution in [3.05, 3.63) is 64.2 Å². The summed E-state index contributed by atoms with van der Waals surface area (Å²) in [6.07, 6.45) is 0. The molecule has 0 amide bonds. The van der Waals surface area contributed by atoms with Gasteiger partial charge in [0.2, 0.25) is 0 Å². The number of phenolic OH excluding ortho intramolecular Hbond substituents is 1. The van der Waals surface area contributed by atoms with E-state index in [1.54, 1.807) is 0 Å². The molecule has 0 aliphatic carbocycles. The van der Waals surface area contributed by atoms with Gasteiger partial charge >= 0.3 is 0 Å². The van der Waals surface area contributed by atoms with Gasteiger partial charge < -0.3 is 5.11 Å². The summed E-state index contributed by atoms with van der Waals surface area (Å²) >= 11 is 0. The Morgan fingerprint density at radius 1 is 0.895 bits per heavy atom. The zero-order valence-electron chi connectivity index (χ0n) is 12.4. The molecule has 2 rings (SSSR count). The van der Waals surface area contributed by atoms with Gasteiger partial charge in [0.1, 0.15) is 5.75 Å². The van der Waals surface area contributed by atoms with E-state index in [0.29, 0.717) is 5.75 Å². The summed E-state index contributed by atoms with van der Waals surface area (Å²) in [7, 11) is 0. The maximum absolute atomic E-state index is 10.0. The van der Waals surface area contributed by atoms with Crippen LogP contribution in [0, 0.1) is 20.8 Å². The first-order valence-corrected chi connectivity index (χ1v) is 6.71. The summed E-state index contributed by atoms with van der Waals surface area (Å²) in [4.78, 5) is 0. The van der Waals surface area contributed by atoms with Crippen LogP contribution >= 0.6 is 0 Å². The summed E-state index contributed by atoms with van der Waals surface area (Å²) in [6, 6.07) is 12.6. The number of rotatable bonds is 2. The lowest BCUT2D eigenvalue weighted by Gasteiger charge is -2.29. The predicted molar refractivity (Wildman–Crippen MR) is 80.9 cm³/mol. The molecule has 0 saturated heterocycles. The number of aromatic hydroxyl groups is 1. The number of hydrogen-bond acceptors (Lipinski definition) is 1. The second kappa shape index (κ2) is 4.73. The van der Waals surface area contributed by atoms with Crippen molar-refractivity contribution < 1.29 is 5.11 Å². The van der Waals surface area contributed by atoms with Gasteiger partial charge in [-0.2, -0.15) is 0 Å². The molecule has 2 aromatic carbocycles. The number of phenols is 1. The van der Waals surface area contributed by atoms with Crippen LogP contribution < -0.4 is 0 Å². The first-order valence-electron chi connectivity index (χ1n) is 6.71. The number of hydrogen-bond donors (Lipinski definition) is 1. The Labute approximate surface area is 115 Å². The normalized spacial score (nSPS) is 11.6. The second-order valence-corrected chi connectivity index (χ2v) is 5.83. The fourth-order valence-corrected chi connectivity index (χ4v) is 2.73. The Hall–Kier alpha value is -1.76. The first kappa shape index (κ1) is 13.7. The van der Waals surface area contributed by atoms with Crippen molar-refractivity contribution in [3.63, 3.8) is 0 Å². The molecular formula is C18H22O. The molecule has 2 aromatic rings. The van der Waals surface area contributed by atoms with E-state index >= 15 is 0 Å². The Bertz CT molecular complexity index is 595. The Balaban J connectivity index is 2.65. The van der Waals surface area contributed by atoms with Crippen LogP contribution in [0.4, 0.5) is 0 Å². The Morgan fingerprint density at radius 3 is 2.05 bits per heavy atom. The molecule has 0 bridgehead atoms. The molecule has 0 aromatic heterocycles. The number of benzene rings is 2. The van der Waals surface area contributed by atoms with E-state index < -0.39 is 0 Å². The van der Waals surface area contributed by atoms with Crippen LogP contribution in [0.15, 0.2) is 36.4 Å². The van der Waals surface area contributed by atoms with Crippen LogP contribution in [0.25, 0.3) is 0 Å². The fraction of sp³-hybridized carbons (Fsp3) is 0.333. The molecule has 0 aliphatic rings. The molecule has 100 valence electrons. The van der Waals surface area contributed by atoms with E-state index in [-0.39, 0.29) is 5.41 Å². The van der Waals surface area contributed by atoms with Gasteiger partial charge in [-0.3, -0.25) is 0 Å². The molecule has 0 radical (unpaired) electrons. The highest BCUT2D eigenvalue weighted by molar-refractivity contribution is 5.53. The van der Waals surface area contributed by atoms with Crippen LogP contribution in [0.3, 0.4) is 0 Å². The highest BCUT2D eigenvalue weighted by atomic mass is 16.3. The van der Waals surface area contributed by atoms with E-state index in [1.807, 2.05) is 19.9 Å². The predicted octanol–water partition coefficient (Wildman–Crippen LogP) is 4.64. The van der Waals surface area contributed by atoms with E-state index in [1.165, 1.54) is 16.7 Å². The highest BCUT2D eigenvalue weighted by Gasteiger charge is 2.26. The van der Waals surface area contributed by atoms with E-state index in [4.69, 9.17) is 0 Å². The highest BCUT2D eigenvalue weighted by Crippen LogP contribution is 2.38. The van der Waals surface area contributed by atoms with Gasteiger partial charge in [0.05, 0.1) is 0 Å². The summed E-state index contributed by atoms with van der Waals surface area (Å²) < 4.78 is 0. The molecule has 19 heavy (non-hydrogen) atoms. The number of aryl methyl sites for hydroxylation is 1. The molecule has 0 saturated carbocycles. The third kappa shape index (κ3) is 2.25. The largest absolute Gasteiger partial charge is 0.507 e. The van der Waals surface area contributed by atoms with Crippen molar-refractivity contribution in [2.75, 3.05) is 0 Å². The fourth-order valence-electron chi connectivity index (χ4n) is 2.73. The minimum Gasteiger partial charge on any atom is -0.507 e. The van der Waals surface area contributed by atoms with Gasteiger partial charge in [0.25, 0.3) is 0 Å². The standard InChI is InChI=1S/C18H22O/c1-12-11-16(13(2)14(3)17(12)19)18(4,5)15-9-7-6-8-10-15/h6-11,19H,1-5H3. The van der Waals surface area contributed by atoms with Crippen LogP contribution in [0.1, 0.15) is 41.7 Å². The van der Waals surface area contributed by atoms with E-state index in [9.17, 15) is 5.11 Å². The van der Waals surface area contributed by atoms with Gasteiger partial charge in [-0.25, -0.2) is 0 Å². The second-order valence-electron chi connectivity index (χ2n) is 5.83. The lowest BCUT2D eigenvalue weighted by Crippen LogP contribution is -2.21. The van der Waals surface area contributed by atoms with Crippen LogP contribution in [0.5, 0.6) is 5.75 Å². The van der Waals surface area contributed by atoms with Crippen molar-refractivity contribution in [1.29, 1.82) is 0 Å². The molecule has 0 atom stereocenters. The molecule has 0 unspecified atom stereocenters. The quantitative estimate of drug-likeness (QED) is 0.827. The third-order valence-corrected chi connectivity index (χ3v) is 4.22. The molecule has 0 spiro atoms. The van der Waals surface area contributed by atoms with Crippen molar-refractivity contribution in [1.82, 2.24) is 0 Å². The monoisotopic (exact) mass is 254 g/mol. The van der Waals surface area contributed by atoms with E-state index in [0.717, 1.165) is 11.1 Å². The molecule has 1 N–H and O–H groups in total. The van der Waals surface area contributed by atoms with Crippen molar-refractivity contribution in [2.24, 2.45) is 0 Å². The Kier molecular flexibility index (Phi) is 3.40. The third-order valence-electron chi connectivity index (χ3n) is 4.22.